The number of hydrogen-bond acceptors (Lipinski definition) is 3. The van der Waals surface area contributed by atoms with Crippen molar-refractivity contribution in [1.82, 2.24) is 4.98 Å². The van der Waals surface area contributed by atoms with Gasteiger partial charge in [-0.1, -0.05) is 6.07 Å². The minimum absolute atomic E-state index is 0.183. The van der Waals surface area contributed by atoms with E-state index in [1.54, 1.807) is 6.07 Å². The molecule has 0 atom stereocenters. The summed E-state index contributed by atoms with van der Waals surface area (Å²) >= 11 is 0. The van der Waals surface area contributed by atoms with Gasteiger partial charge >= 0.3 is 5.97 Å². The standard InChI is InChI=1S/C17H17N3O2/c1-4-20(5-2)16-7-6-12(10-15(16)18-3)14-11-13(17(21)22)8-9-19-14/h6-11H,4-5H2,1-2H3,(H,21,22). The molecule has 5 heteroatoms. The average Bonchev–Trinajstić information content (AvgIpc) is 2.56. The normalized spacial score (nSPS) is 10.0. The Morgan fingerprint density at radius 1 is 1.27 bits per heavy atom. The molecular formula is C17H17N3O2. The molecule has 5 nitrogen and oxygen atoms in total. The second kappa shape index (κ2) is 6.72. The second-order valence-electron chi connectivity index (χ2n) is 4.72. The smallest absolute Gasteiger partial charge is 0.335 e. The van der Waals surface area contributed by atoms with Crippen LogP contribution in [0.1, 0.15) is 24.2 Å². The highest BCUT2D eigenvalue weighted by Gasteiger charge is 2.12. The fraction of sp³-hybridized carbons (Fsp3) is 0.235. The van der Waals surface area contributed by atoms with Gasteiger partial charge in [0.1, 0.15) is 0 Å². The van der Waals surface area contributed by atoms with E-state index in [-0.39, 0.29) is 5.56 Å². The largest absolute Gasteiger partial charge is 0.478 e. The minimum Gasteiger partial charge on any atom is -0.478 e. The summed E-state index contributed by atoms with van der Waals surface area (Å²) < 4.78 is 0. The molecule has 22 heavy (non-hydrogen) atoms. The molecule has 1 aromatic heterocycles. The van der Waals surface area contributed by atoms with E-state index in [0.717, 1.165) is 24.3 Å². The highest BCUT2D eigenvalue weighted by atomic mass is 16.4. The van der Waals surface area contributed by atoms with Crippen molar-refractivity contribution < 1.29 is 9.90 Å². The molecule has 0 saturated carbocycles. The Morgan fingerprint density at radius 2 is 2.00 bits per heavy atom. The number of hydrogen-bond donors (Lipinski definition) is 1. The fourth-order valence-corrected chi connectivity index (χ4v) is 2.33. The molecule has 0 aliphatic heterocycles. The number of carboxylic acid groups (broad SMARTS) is 1. The quantitative estimate of drug-likeness (QED) is 0.851. The van der Waals surface area contributed by atoms with Gasteiger partial charge in [-0.05, 0) is 43.7 Å². The number of rotatable bonds is 5. The van der Waals surface area contributed by atoms with Crippen LogP contribution in [-0.2, 0) is 0 Å². The molecule has 0 aliphatic rings. The van der Waals surface area contributed by atoms with E-state index in [4.69, 9.17) is 11.7 Å². The molecule has 0 spiro atoms. The Labute approximate surface area is 129 Å². The lowest BCUT2D eigenvalue weighted by atomic mass is 10.1. The predicted molar refractivity (Wildman–Crippen MR) is 86.5 cm³/mol. The molecule has 0 fully saturated rings. The summed E-state index contributed by atoms with van der Waals surface area (Å²) in [6.45, 7) is 13.1. The Balaban J connectivity index is 2.48. The van der Waals surface area contributed by atoms with Crippen LogP contribution in [-0.4, -0.2) is 29.1 Å². The zero-order valence-electron chi connectivity index (χ0n) is 12.6. The van der Waals surface area contributed by atoms with Crippen LogP contribution in [0.5, 0.6) is 0 Å². The van der Waals surface area contributed by atoms with Crippen molar-refractivity contribution in [1.29, 1.82) is 0 Å². The van der Waals surface area contributed by atoms with Crippen LogP contribution < -0.4 is 4.90 Å². The Bertz CT molecular complexity index is 731. The van der Waals surface area contributed by atoms with Gasteiger partial charge in [0.15, 0.2) is 0 Å². The molecule has 1 aromatic carbocycles. The number of carboxylic acids is 1. The first-order valence-corrected chi connectivity index (χ1v) is 7.06. The highest BCUT2D eigenvalue weighted by Crippen LogP contribution is 2.33. The first kappa shape index (κ1) is 15.5. The molecular weight excluding hydrogens is 278 g/mol. The van der Waals surface area contributed by atoms with E-state index >= 15 is 0 Å². The maximum atomic E-state index is 11.0. The van der Waals surface area contributed by atoms with Crippen molar-refractivity contribution in [2.45, 2.75) is 13.8 Å². The average molecular weight is 295 g/mol. The lowest BCUT2D eigenvalue weighted by Gasteiger charge is -2.22. The van der Waals surface area contributed by atoms with Gasteiger partial charge in [0.2, 0.25) is 5.69 Å². The number of carbonyl (C=O) groups is 1. The van der Waals surface area contributed by atoms with Crippen LogP contribution in [0.25, 0.3) is 16.1 Å². The molecule has 112 valence electrons. The van der Waals surface area contributed by atoms with Crippen molar-refractivity contribution in [3.05, 3.63) is 53.5 Å². The van der Waals surface area contributed by atoms with E-state index in [2.05, 4.69) is 14.7 Å². The van der Waals surface area contributed by atoms with Crippen LogP contribution >= 0.6 is 0 Å². The number of benzene rings is 1. The topological polar surface area (TPSA) is 57.8 Å². The van der Waals surface area contributed by atoms with E-state index < -0.39 is 5.97 Å². The molecule has 2 rings (SSSR count). The third-order valence-electron chi connectivity index (χ3n) is 3.50. The maximum Gasteiger partial charge on any atom is 0.335 e. The summed E-state index contributed by atoms with van der Waals surface area (Å²) in [7, 11) is 0. The second-order valence-corrected chi connectivity index (χ2v) is 4.72. The lowest BCUT2D eigenvalue weighted by molar-refractivity contribution is 0.0697. The van der Waals surface area contributed by atoms with Crippen LogP contribution in [0.4, 0.5) is 11.4 Å². The summed E-state index contributed by atoms with van der Waals surface area (Å²) in [4.78, 5) is 21.0. The van der Waals surface area contributed by atoms with E-state index in [9.17, 15) is 4.79 Å². The van der Waals surface area contributed by atoms with Crippen molar-refractivity contribution in [2.75, 3.05) is 18.0 Å². The first-order chi connectivity index (χ1) is 10.6. The number of anilines is 1. The number of aromatic nitrogens is 1. The van der Waals surface area contributed by atoms with Gasteiger partial charge in [0, 0.05) is 25.0 Å². The molecule has 0 bridgehead atoms. The van der Waals surface area contributed by atoms with Crippen molar-refractivity contribution in [3.63, 3.8) is 0 Å². The van der Waals surface area contributed by atoms with Gasteiger partial charge in [-0.15, -0.1) is 0 Å². The first-order valence-electron chi connectivity index (χ1n) is 7.06. The van der Waals surface area contributed by atoms with Gasteiger partial charge in [0.25, 0.3) is 0 Å². The van der Waals surface area contributed by atoms with E-state index in [1.165, 1.54) is 18.3 Å². The lowest BCUT2D eigenvalue weighted by Crippen LogP contribution is -2.21. The SMILES string of the molecule is [C-]#[N+]c1cc(-c2cc(C(=O)O)ccn2)ccc1N(CC)CC. The third kappa shape index (κ3) is 3.07. The molecule has 0 saturated heterocycles. The number of nitrogens with zero attached hydrogens (tertiary/aromatic N) is 3. The van der Waals surface area contributed by atoms with Crippen molar-refractivity contribution in [2.24, 2.45) is 0 Å². The van der Waals surface area contributed by atoms with Crippen LogP contribution in [0.3, 0.4) is 0 Å². The maximum absolute atomic E-state index is 11.0. The van der Waals surface area contributed by atoms with Gasteiger partial charge in [-0.3, -0.25) is 4.98 Å². The molecule has 0 radical (unpaired) electrons. The van der Waals surface area contributed by atoms with Gasteiger partial charge in [0.05, 0.1) is 17.8 Å². The molecule has 0 unspecified atom stereocenters. The van der Waals surface area contributed by atoms with Crippen LogP contribution in [0, 0.1) is 6.57 Å². The zero-order chi connectivity index (χ0) is 16.1. The zero-order valence-corrected chi connectivity index (χ0v) is 12.6. The summed E-state index contributed by atoms with van der Waals surface area (Å²) in [5, 5.41) is 9.05. The molecule has 2 aromatic rings. The van der Waals surface area contributed by atoms with E-state index in [1.807, 2.05) is 26.0 Å². The van der Waals surface area contributed by atoms with Crippen molar-refractivity contribution >= 4 is 17.3 Å². The van der Waals surface area contributed by atoms with Gasteiger partial charge in [-0.2, -0.15) is 0 Å². The summed E-state index contributed by atoms with van der Waals surface area (Å²) in [5.74, 6) is -0.992. The summed E-state index contributed by atoms with van der Waals surface area (Å²) in [5.41, 5.74) is 2.91. The van der Waals surface area contributed by atoms with Gasteiger partial charge < -0.3 is 10.0 Å². The highest BCUT2D eigenvalue weighted by molar-refractivity contribution is 5.89. The molecule has 1 heterocycles. The van der Waals surface area contributed by atoms with Gasteiger partial charge in [-0.25, -0.2) is 9.64 Å². The minimum atomic E-state index is -0.992. The van der Waals surface area contributed by atoms with Crippen LogP contribution in [0.2, 0.25) is 0 Å². The fourth-order valence-electron chi connectivity index (χ4n) is 2.33. The summed E-state index contributed by atoms with van der Waals surface area (Å²) in [6.07, 6.45) is 1.47. The number of pyridine rings is 1. The number of aromatic carboxylic acids is 1. The Hall–Kier alpha value is -2.87. The Kier molecular flexibility index (Phi) is 4.74. The molecule has 0 aliphatic carbocycles. The third-order valence-corrected chi connectivity index (χ3v) is 3.50. The predicted octanol–water partition coefficient (Wildman–Crippen LogP) is 3.84. The monoisotopic (exact) mass is 295 g/mol. The molecule has 0 amide bonds. The summed E-state index contributed by atoms with van der Waals surface area (Å²) in [6, 6.07) is 8.49. The van der Waals surface area contributed by atoms with Crippen LogP contribution in [0.15, 0.2) is 36.5 Å². The van der Waals surface area contributed by atoms with Crippen molar-refractivity contribution in [3.8, 4) is 11.3 Å². The van der Waals surface area contributed by atoms with E-state index in [0.29, 0.717) is 11.4 Å². The Morgan fingerprint density at radius 3 is 2.59 bits per heavy atom. The molecule has 1 N–H and O–H groups in total.